The highest BCUT2D eigenvalue weighted by atomic mass is 127. The van der Waals surface area contributed by atoms with Gasteiger partial charge in [-0.15, -0.1) is 24.0 Å². The first-order valence-electron chi connectivity index (χ1n) is 6.25. The summed E-state index contributed by atoms with van der Waals surface area (Å²) >= 11 is 0. The molecule has 2 rings (SSSR count). The zero-order chi connectivity index (χ0) is 14.4. The minimum Gasteiger partial charge on any atom is -0.478 e. The number of nitrogens with one attached hydrogen (secondary N) is 1. The van der Waals surface area contributed by atoms with Crippen molar-refractivity contribution in [2.45, 2.75) is 0 Å². The minimum atomic E-state index is -0.958. The first kappa shape index (κ1) is 17.4. The summed E-state index contributed by atoms with van der Waals surface area (Å²) < 4.78 is 0. The van der Waals surface area contributed by atoms with E-state index in [-0.39, 0.29) is 36.1 Å². The van der Waals surface area contributed by atoms with Gasteiger partial charge in [0.2, 0.25) is 5.96 Å². The van der Waals surface area contributed by atoms with Crippen molar-refractivity contribution in [3.8, 4) is 0 Å². The fraction of sp³-hybridized carbons (Fsp3) is 0.308. The molecule has 1 aliphatic heterocycles. The maximum atomic E-state index is 10.7. The Kier molecular flexibility index (Phi) is 7.09. The Balaban J connectivity index is 0.00000220. The molecular formula is C13H17IN4O3. The predicted octanol–water partition coefficient (Wildman–Crippen LogP) is 0.590. The number of benzene rings is 1. The first-order valence-corrected chi connectivity index (χ1v) is 6.25. The summed E-state index contributed by atoms with van der Waals surface area (Å²) in [5.41, 5.74) is 1.01. The lowest BCUT2D eigenvalue weighted by atomic mass is 10.1. The molecule has 0 saturated heterocycles. The maximum absolute atomic E-state index is 10.7. The third-order valence-corrected chi connectivity index (χ3v) is 2.72. The third kappa shape index (κ3) is 4.97. The second-order valence-corrected chi connectivity index (χ2v) is 4.15. The number of nitrogens with zero attached hydrogens (tertiary/aromatic N) is 3. The van der Waals surface area contributed by atoms with Gasteiger partial charge in [-0.1, -0.05) is 12.1 Å². The van der Waals surface area contributed by atoms with E-state index >= 15 is 0 Å². The molecule has 0 atom stereocenters. The van der Waals surface area contributed by atoms with Crippen molar-refractivity contribution in [1.82, 2.24) is 10.3 Å². The number of hydrogen-bond donors (Lipinski definition) is 3. The lowest BCUT2D eigenvalue weighted by molar-refractivity contribution is 0.0697. The summed E-state index contributed by atoms with van der Waals surface area (Å²) in [6.45, 7) is 1.77. The number of aliphatic hydroxyl groups is 1. The van der Waals surface area contributed by atoms with Crippen LogP contribution >= 0.6 is 24.0 Å². The number of hydrazone groups is 1. The van der Waals surface area contributed by atoms with Gasteiger partial charge >= 0.3 is 5.97 Å². The molecule has 0 spiro atoms. The van der Waals surface area contributed by atoms with Crippen LogP contribution in [0.3, 0.4) is 0 Å². The Morgan fingerprint density at radius 1 is 1.43 bits per heavy atom. The van der Waals surface area contributed by atoms with E-state index in [9.17, 15) is 4.79 Å². The predicted molar refractivity (Wildman–Crippen MR) is 90.5 cm³/mol. The second kappa shape index (κ2) is 8.57. The van der Waals surface area contributed by atoms with Crippen molar-refractivity contribution in [2.75, 3.05) is 26.2 Å². The molecule has 21 heavy (non-hydrogen) atoms. The van der Waals surface area contributed by atoms with Crippen LogP contribution in [-0.2, 0) is 0 Å². The minimum absolute atomic E-state index is 0. The van der Waals surface area contributed by atoms with Crippen LogP contribution in [0.1, 0.15) is 15.9 Å². The molecule has 8 heteroatoms. The smallest absolute Gasteiger partial charge is 0.335 e. The van der Waals surface area contributed by atoms with E-state index in [1.807, 2.05) is 0 Å². The van der Waals surface area contributed by atoms with Gasteiger partial charge < -0.3 is 15.5 Å². The lowest BCUT2D eigenvalue weighted by Gasteiger charge is -2.17. The largest absolute Gasteiger partial charge is 0.478 e. The topological polar surface area (TPSA) is 97.5 Å². The highest BCUT2D eigenvalue weighted by molar-refractivity contribution is 14.0. The van der Waals surface area contributed by atoms with Crippen LogP contribution in [0.4, 0.5) is 0 Å². The van der Waals surface area contributed by atoms with Gasteiger partial charge in [-0.3, -0.25) is 0 Å². The van der Waals surface area contributed by atoms with Crippen molar-refractivity contribution < 1.29 is 15.0 Å². The lowest BCUT2D eigenvalue weighted by Crippen LogP contribution is -2.36. The monoisotopic (exact) mass is 404 g/mol. The van der Waals surface area contributed by atoms with Crippen molar-refractivity contribution in [2.24, 2.45) is 10.1 Å². The van der Waals surface area contributed by atoms with Gasteiger partial charge in [0, 0.05) is 6.54 Å². The highest BCUT2D eigenvalue weighted by Gasteiger charge is 2.12. The normalized spacial score (nSPS) is 13.5. The van der Waals surface area contributed by atoms with Crippen LogP contribution in [0.15, 0.2) is 34.4 Å². The maximum Gasteiger partial charge on any atom is 0.335 e. The molecule has 1 aliphatic rings. The average Bonchev–Trinajstić information content (AvgIpc) is 2.98. The van der Waals surface area contributed by atoms with Gasteiger partial charge in [-0.25, -0.2) is 14.8 Å². The number of guanidine groups is 1. The van der Waals surface area contributed by atoms with E-state index in [2.05, 4.69) is 15.4 Å². The molecule has 0 saturated carbocycles. The first-order chi connectivity index (χ1) is 9.70. The zero-order valence-corrected chi connectivity index (χ0v) is 13.6. The number of halogens is 1. The summed E-state index contributed by atoms with van der Waals surface area (Å²) in [7, 11) is 0. The van der Waals surface area contributed by atoms with Gasteiger partial charge in [0.15, 0.2) is 0 Å². The number of hydrogen-bond acceptors (Lipinski definition) is 6. The molecule has 3 N–H and O–H groups in total. The quantitative estimate of drug-likeness (QED) is 0.379. The van der Waals surface area contributed by atoms with Crippen molar-refractivity contribution >= 4 is 42.1 Å². The van der Waals surface area contributed by atoms with Crippen LogP contribution in [0.25, 0.3) is 0 Å². The summed E-state index contributed by atoms with van der Waals surface area (Å²) in [5.74, 6) is -0.322. The van der Waals surface area contributed by atoms with Crippen LogP contribution < -0.4 is 5.32 Å². The molecule has 0 aliphatic carbocycles. The Morgan fingerprint density at radius 2 is 2.14 bits per heavy atom. The van der Waals surface area contributed by atoms with E-state index < -0.39 is 5.97 Å². The molecule has 0 bridgehead atoms. The number of carbonyl (C=O) groups is 1. The standard InChI is InChI=1S/C13H16N4O3.HI/c18-8-7-17(13-14-5-6-15-13)16-9-10-1-3-11(4-2-10)12(19)20;/h1-4,9,18H,5-8H2,(H,14,15)(H,19,20);1H/b16-9+;. The Morgan fingerprint density at radius 3 is 2.67 bits per heavy atom. The number of carboxylic acid groups (broad SMARTS) is 1. The van der Waals surface area contributed by atoms with E-state index in [4.69, 9.17) is 10.2 Å². The number of aliphatic hydroxyl groups excluding tert-OH is 1. The molecule has 1 aromatic rings. The molecule has 0 unspecified atom stereocenters. The van der Waals surface area contributed by atoms with Crippen LogP contribution in [0.2, 0.25) is 0 Å². The Bertz CT molecular complexity index is 531. The van der Waals surface area contributed by atoms with Crippen molar-refractivity contribution in [3.63, 3.8) is 0 Å². The van der Waals surface area contributed by atoms with Crippen molar-refractivity contribution in [1.29, 1.82) is 0 Å². The van der Waals surface area contributed by atoms with E-state index in [1.54, 1.807) is 23.4 Å². The van der Waals surface area contributed by atoms with E-state index in [0.29, 0.717) is 19.0 Å². The van der Waals surface area contributed by atoms with Gasteiger partial charge in [-0.05, 0) is 17.7 Å². The van der Waals surface area contributed by atoms with E-state index in [0.717, 1.165) is 12.1 Å². The van der Waals surface area contributed by atoms with Crippen LogP contribution in [-0.4, -0.2) is 59.6 Å². The fourth-order valence-corrected chi connectivity index (χ4v) is 1.72. The zero-order valence-electron chi connectivity index (χ0n) is 11.3. The Labute approximate surface area is 139 Å². The molecule has 114 valence electrons. The van der Waals surface area contributed by atoms with Gasteiger partial charge in [0.1, 0.15) is 0 Å². The number of rotatable bonds is 5. The number of aromatic carboxylic acids is 1. The summed E-state index contributed by atoms with van der Waals surface area (Å²) in [5, 5.41) is 26.7. The average molecular weight is 404 g/mol. The van der Waals surface area contributed by atoms with Crippen LogP contribution in [0.5, 0.6) is 0 Å². The molecule has 1 aromatic carbocycles. The number of carboxylic acids is 1. The van der Waals surface area contributed by atoms with Gasteiger partial charge in [0.05, 0.1) is 31.5 Å². The third-order valence-electron chi connectivity index (χ3n) is 2.72. The molecule has 1 heterocycles. The molecule has 0 radical (unpaired) electrons. The Hall–Kier alpha value is -1.68. The fourth-order valence-electron chi connectivity index (χ4n) is 1.72. The second-order valence-electron chi connectivity index (χ2n) is 4.15. The van der Waals surface area contributed by atoms with E-state index in [1.165, 1.54) is 12.1 Å². The highest BCUT2D eigenvalue weighted by Crippen LogP contribution is 2.03. The number of aliphatic imine (C=N–C) groups is 1. The summed E-state index contributed by atoms with van der Waals surface area (Å²) in [6, 6.07) is 6.39. The van der Waals surface area contributed by atoms with Gasteiger partial charge in [0.25, 0.3) is 0 Å². The summed E-state index contributed by atoms with van der Waals surface area (Å²) in [4.78, 5) is 15.0. The van der Waals surface area contributed by atoms with Crippen LogP contribution in [0, 0.1) is 0 Å². The molecule has 7 nitrogen and oxygen atoms in total. The van der Waals surface area contributed by atoms with Gasteiger partial charge in [-0.2, -0.15) is 5.10 Å². The SMILES string of the molecule is I.O=C(O)c1ccc(/C=N/N(CCO)C2=NCCN2)cc1. The molecule has 0 amide bonds. The van der Waals surface area contributed by atoms with Crippen molar-refractivity contribution in [3.05, 3.63) is 35.4 Å². The molecular weight excluding hydrogens is 387 g/mol. The summed E-state index contributed by atoms with van der Waals surface area (Å²) in [6.07, 6.45) is 1.60. The molecule has 0 aromatic heterocycles. The molecule has 0 fully saturated rings.